The van der Waals surface area contributed by atoms with Crippen molar-refractivity contribution in [2.75, 3.05) is 26.2 Å². The van der Waals surface area contributed by atoms with Crippen LogP contribution in [0.4, 0.5) is 0 Å². The summed E-state index contributed by atoms with van der Waals surface area (Å²) in [6, 6.07) is 18.6. The third-order valence-corrected chi connectivity index (χ3v) is 5.85. The van der Waals surface area contributed by atoms with Crippen molar-refractivity contribution in [2.45, 2.75) is 13.0 Å². The van der Waals surface area contributed by atoms with Crippen LogP contribution in [0.3, 0.4) is 0 Å². The predicted molar refractivity (Wildman–Crippen MR) is 116 cm³/mol. The normalized spacial score (nSPS) is 15.2. The molecule has 2 aromatic heterocycles. The molecule has 4 aromatic rings. The highest BCUT2D eigenvalue weighted by atomic mass is 16.2. The molecule has 29 heavy (non-hydrogen) atoms. The van der Waals surface area contributed by atoms with Crippen LogP contribution in [0.25, 0.3) is 21.8 Å². The van der Waals surface area contributed by atoms with Crippen LogP contribution in [0.15, 0.2) is 67.0 Å². The van der Waals surface area contributed by atoms with E-state index in [0.717, 1.165) is 54.7 Å². The number of pyridine rings is 1. The zero-order chi connectivity index (χ0) is 19.6. The second kappa shape index (κ2) is 7.68. The van der Waals surface area contributed by atoms with E-state index in [1.54, 1.807) is 0 Å². The molecule has 0 radical (unpaired) electrons. The van der Waals surface area contributed by atoms with Crippen molar-refractivity contribution >= 4 is 27.7 Å². The Bertz CT molecular complexity index is 1150. The van der Waals surface area contributed by atoms with Gasteiger partial charge in [-0.2, -0.15) is 0 Å². The molecule has 0 atom stereocenters. The summed E-state index contributed by atoms with van der Waals surface area (Å²) in [5.74, 6) is 0.209. The zero-order valence-electron chi connectivity index (χ0n) is 16.3. The summed E-state index contributed by atoms with van der Waals surface area (Å²) in [6.07, 6.45) is 4.27. The second-order valence-corrected chi connectivity index (χ2v) is 7.69. The molecule has 1 aliphatic rings. The van der Waals surface area contributed by atoms with E-state index in [0.29, 0.717) is 6.42 Å². The molecule has 1 aliphatic heterocycles. The first-order chi connectivity index (χ1) is 14.3. The average Bonchev–Trinajstić information content (AvgIpc) is 3.17. The lowest BCUT2D eigenvalue weighted by atomic mass is 10.1. The maximum atomic E-state index is 12.8. The molecule has 1 amide bonds. The highest BCUT2D eigenvalue weighted by molar-refractivity contribution is 5.89. The van der Waals surface area contributed by atoms with Crippen molar-refractivity contribution in [1.29, 1.82) is 0 Å². The third kappa shape index (κ3) is 3.61. The molecule has 0 spiro atoms. The number of carbonyl (C=O) groups excluding carboxylic acids is 1. The fourth-order valence-corrected chi connectivity index (χ4v) is 4.24. The molecule has 1 N–H and O–H groups in total. The van der Waals surface area contributed by atoms with Gasteiger partial charge >= 0.3 is 0 Å². The Labute approximate surface area is 170 Å². The smallest absolute Gasteiger partial charge is 0.227 e. The number of benzene rings is 2. The Kier molecular flexibility index (Phi) is 4.74. The Morgan fingerprint density at radius 2 is 1.76 bits per heavy atom. The van der Waals surface area contributed by atoms with Gasteiger partial charge in [-0.15, -0.1) is 0 Å². The van der Waals surface area contributed by atoms with E-state index in [2.05, 4.69) is 45.2 Å². The molecule has 1 fully saturated rings. The lowest BCUT2D eigenvalue weighted by molar-refractivity contribution is -0.132. The molecule has 146 valence electrons. The van der Waals surface area contributed by atoms with Gasteiger partial charge in [0, 0.05) is 61.4 Å². The van der Waals surface area contributed by atoms with Crippen LogP contribution in [0, 0.1) is 0 Å². The third-order valence-electron chi connectivity index (χ3n) is 5.85. The number of hydrogen-bond donors (Lipinski definition) is 1. The van der Waals surface area contributed by atoms with Crippen LogP contribution >= 0.6 is 0 Å². The Balaban J connectivity index is 1.21. The number of hydrogen-bond acceptors (Lipinski definition) is 3. The van der Waals surface area contributed by atoms with Crippen molar-refractivity contribution in [2.24, 2.45) is 0 Å². The molecule has 0 bridgehead atoms. The molecule has 0 aliphatic carbocycles. The SMILES string of the molecule is O=C(Cc1c[nH]c2ccccc12)N1CCN(Cc2cccc3cccnc23)CC1. The van der Waals surface area contributed by atoms with Crippen molar-refractivity contribution in [3.8, 4) is 0 Å². The minimum absolute atomic E-state index is 0.209. The van der Waals surface area contributed by atoms with Gasteiger partial charge in [-0.25, -0.2) is 0 Å². The minimum Gasteiger partial charge on any atom is -0.361 e. The second-order valence-electron chi connectivity index (χ2n) is 7.69. The summed E-state index contributed by atoms with van der Waals surface area (Å²) in [7, 11) is 0. The molecule has 2 aromatic carbocycles. The van der Waals surface area contributed by atoms with Gasteiger partial charge in [0.25, 0.3) is 0 Å². The van der Waals surface area contributed by atoms with Gasteiger partial charge in [-0.05, 0) is 23.3 Å². The Morgan fingerprint density at radius 1 is 0.931 bits per heavy atom. The van der Waals surface area contributed by atoms with Crippen LogP contribution in [0.1, 0.15) is 11.1 Å². The Hall–Kier alpha value is -3.18. The van der Waals surface area contributed by atoms with Crippen LogP contribution < -0.4 is 0 Å². The molecule has 3 heterocycles. The monoisotopic (exact) mass is 384 g/mol. The molecule has 0 unspecified atom stereocenters. The van der Waals surface area contributed by atoms with E-state index in [-0.39, 0.29) is 5.91 Å². The van der Waals surface area contributed by atoms with Gasteiger partial charge in [0.2, 0.25) is 5.91 Å². The first kappa shape index (κ1) is 17.9. The predicted octanol–water partition coefficient (Wildman–Crippen LogP) is 3.60. The molecule has 0 saturated carbocycles. The van der Waals surface area contributed by atoms with Crippen molar-refractivity contribution in [1.82, 2.24) is 19.8 Å². The van der Waals surface area contributed by atoms with Crippen LogP contribution in [-0.4, -0.2) is 51.9 Å². The summed E-state index contributed by atoms with van der Waals surface area (Å²) in [4.78, 5) is 25.1. The fraction of sp³-hybridized carbons (Fsp3) is 0.250. The van der Waals surface area contributed by atoms with Crippen molar-refractivity contribution < 1.29 is 4.79 Å². The highest BCUT2D eigenvalue weighted by Gasteiger charge is 2.22. The molecule has 5 nitrogen and oxygen atoms in total. The first-order valence-electron chi connectivity index (χ1n) is 10.2. The number of fused-ring (bicyclic) bond motifs is 2. The molecule has 1 saturated heterocycles. The van der Waals surface area contributed by atoms with Crippen LogP contribution in [-0.2, 0) is 17.8 Å². The molecule has 5 heteroatoms. The van der Waals surface area contributed by atoms with Crippen LogP contribution in [0.5, 0.6) is 0 Å². The standard InChI is InChI=1S/C24H24N4O/c29-23(15-20-16-26-22-9-2-1-8-21(20)22)28-13-11-27(12-14-28)17-19-6-3-5-18-7-4-10-25-24(18)19/h1-10,16,26H,11-15,17H2. The number of carbonyl (C=O) groups is 1. The highest BCUT2D eigenvalue weighted by Crippen LogP contribution is 2.20. The summed E-state index contributed by atoms with van der Waals surface area (Å²) < 4.78 is 0. The quantitative estimate of drug-likeness (QED) is 0.585. The van der Waals surface area contributed by atoms with Crippen molar-refractivity contribution in [3.63, 3.8) is 0 Å². The number of piperazine rings is 1. The minimum atomic E-state index is 0.209. The number of nitrogens with one attached hydrogen (secondary N) is 1. The Morgan fingerprint density at radius 3 is 2.66 bits per heavy atom. The summed E-state index contributed by atoms with van der Waals surface area (Å²) in [6.45, 7) is 4.21. The average molecular weight is 384 g/mol. The number of para-hydroxylation sites is 2. The van der Waals surface area contributed by atoms with E-state index < -0.39 is 0 Å². The number of aromatic amines is 1. The number of rotatable bonds is 4. The summed E-state index contributed by atoms with van der Waals surface area (Å²) in [5, 5.41) is 2.32. The topological polar surface area (TPSA) is 52.2 Å². The largest absolute Gasteiger partial charge is 0.361 e. The van der Waals surface area contributed by atoms with Crippen LogP contribution in [0.2, 0.25) is 0 Å². The van der Waals surface area contributed by atoms with Gasteiger partial charge < -0.3 is 9.88 Å². The number of nitrogens with zero attached hydrogens (tertiary/aromatic N) is 3. The van der Waals surface area contributed by atoms with Gasteiger partial charge in [-0.1, -0.05) is 42.5 Å². The first-order valence-corrected chi connectivity index (χ1v) is 10.2. The number of amides is 1. The lowest BCUT2D eigenvalue weighted by Gasteiger charge is -2.35. The summed E-state index contributed by atoms with van der Waals surface area (Å²) >= 11 is 0. The zero-order valence-corrected chi connectivity index (χ0v) is 16.3. The maximum absolute atomic E-state index is 12.8. The molecular formula is C24H24N4O. The molecular weight excluding hydrogens is 360 g/mol. The van der Waals surface area contributed by atoms with Gasteiger partial charge in [-0.3, -0.25) is 14.7 Å². The lowest BCUT2D eigenvalue weighted by Crippen LogP contribution is -2.48. The van der Waals surface area contributed by atoms with Gasteiger partial charge in [0.15, 0.2) is 0 Å². The van der Waals surface area contributed by atoms with E-state index in [1.807, 2.05) is 41.6 Å². The van der Waals surface area contributed by atoms with Gasteiger partial charge in [0.05, 0.1) is 11.9 Å². The number of aromatic nitrogens is 2. The molecule has 5 rings (SSSR count). The summed E-state index contributed by atoms with van der Waals surface area (Å²) in [5.41, 5.74) is 4.49. The van der Waals surface area contributed by atoms with Crippen molar-refractivity contribution in [3.05, 3.63) is 78.1 Å². The van der Waals surface area contributed by atoms with E-state index >= 15 is 0 Å². The van der Waals surface area contributed by atoms with Gasteiger partial charge in [0.1, 0.15) is 0 Å². The van der Waals surface area contributed by atoms with E-state index in [1.165, 1.54) is 10.9 Å². The number of H-pyrrole nitrogens is 1. The van der Waals surface area contributed by atoms with E-state index in [4.69, 9.17) is 0 Å². The fourth-order valence-electron chi connectivity index (χ4n) is 4.24. The maximum Gasteiger partial charge on any atom is 0.227 e. The van der Waals surface area contributed by atoms with E-state index in [9.17, 15) is 4.79 Å².